The highest BCUT2D eigenvalue weighted by Gasteiger charge is 2.30. The van der Waals surface area contributed by atoms with E-state index in [0.29, 0.717) is 36.1 Å². The summed E-state index contributed by atoms with van der Waals surface area (Å²) in [6.45, 7) is 0.222. The molecule has 40 heavy (non-hydrogen) atoms. The molecule has 2 aromatic carbocycles. The van der Waals surface area contributed by atoms with E-state index < -0.39 is 41.7 Å². The number of aliphatic hydroxyl groups excluding tert-OH is 1. The van der Waals surface area contributed by atoms with Crippen LogP contribution in [0.5, 0.6) is 5.75 Å². The summed E-state index contributed by atoms with van der Waals surface area (Å²) >= 11 is 1.52. The first-order valence-electron chi connectivity index (χ1n) is 13.1. The van der Waals surface area contributed by atoms with Crippen LogP contribution in [0.4, 0.5) is 17.6 Å². The number of amides is 2. The Morgan fingerprint density at radius 3 is 2.67 bits per heavy atom. The minimum atomic E-state index is -4.47. The molecule has 0 saturated heterocycles. The van der Waals surface area contributed by atoms with Crippen LogP contribution in [-0.4, -0.2) is 60.3 Å². The molecule has 0 fully saturated rings. The summed E-state index contributed by atoms with van der Waals surface area (Å²) < 4.78 is 59.3. The van der Waals surface area contributed by atoms with Gasteiger partial charge in [-0.1, -0.05) is 24.3 Å². The van der Waals surface area contributed by atoms with Crippen LogP contribution >= 0.6 is 11.8 Å². The van der Waals surface area contributed by atoms with Crippen molar-refractivity contribution < 1.29 is 37.0 Å². The van der Waals surface area contributed by atoms with E-state index in [2.05, 4.69) is 16.0 Å². The summed E-state index contributed by atoms with van der Waals surface area (Å²) in [5, 5.41) is 19.5. The van der Waals surface area contributed by atoms with Gasteiger partial charge < -0.3 is 25.8 Å². The summed E-state index contributed by atoms with van der Waals surface area (Å²) in [5.41, 5.74) is 0.107. The van der Waals surface area contributed by atoms with Gasteiger partial charge in [0.2, 0.25) is 11.8 Å². The van der Waals surface area contributed by atoms with Crippen LogP contribution in [0, 0.1) is 5.82 Å². The first-order chi connectivity index (χ1) is 19.1. The number of alkyl halides is 3. The zero-order valence-corrected chi connectivity index (χ0v) is 23.0. The molecule has 2 aromatic rings. The van der Waals surface area contributed by atoms with Crippen molar-refractivity contribution in [3.8, 4) is 5.75 Å². The Hall–Kier alpha value is -2.83. The van der Waals surface area contributed by atoms with Gasteiger partial charge in [-0.05, 0) is 67.0 Å². The number of thioether (sulfide) groups is 1. The molecule has 2 aliphatic rings. The van der Waals surface area contributed by atoms with Crippen molar-refractivity contribution in [3.63, 3.8) is 0 Å². The Morgan fingerprint density at radius 2 is 1.95 bits per heavy atom. The first-order valence-corrected chi connectivity index (χ1v) is 14.5. The van der Waals surface area contributed by atoms with Crippen molar-refractivity contribution >= 4 is 23.6 Å². The molecule has 220 valence electrons. The van der Waals surface area contributed by atoms with Crippen molar-refractivity contribution in [3.05, 3.63) is 65.0 Å². The van der Waals surface area contributed by atoms with Crippen LogP contribution in [0.3, 0.4) is 0 Å². The lowest BCUT2D eigenvalue weighted by Crippen LogP contribution is -2.55. The second-order valence-corrected chi connectivity index (χ2v) is 10.7. The predicted octanol–water partition coefficient (Wildman–Crippen LogP) is 3.82. The number of carbonyl (C=O) groups excluding carboxylic acids is 2. The average Bonchev–Trinajstić information content (AvgIpc) is 2.90. The van der Waals surface area contributed by atoms with Crippen LogP contribution in [0.15, 0.2) is 42.5 Å². The van der Waals surface area contributed by atoms with Gasteiger partial charge in [-0.3, -0.25) is 9.59 Å². The molecule has 2 heterocycles. The molecule has 4 N–H and O–H groups in total. The van der Waals surface area contributed by atoms with Crippen molar-refractivity contribution in [1.82, 2.24) is 16.0 Å². The third kappa shape index (κ3) is 9.97. The molecule has 0 aliphatic carbocycles. The van der Waals surface area contributed by atoms with E-state index in [9.17, 15) is 32.3 Å². The zero-order chi connectivity index (χ0) is 29.1. The first kappa shape index (κ1) is 31.7. The number of rotatable bonds is 8. The fourth-order valence-electron chi connectivity index (χ4n) is 4.31. The Morgan fingerprint density at radius 1 is 1.15 bits per heavy atom. The lowest BCUT2D eigenvalue weighted by Gasteiger charge is -2.28. The van der Waals surface area contributed by atoms with Gasteiger partial charge >= 0.3 is 6.18 Å². The lowest BCUT2D eigenvalue weighted by atomic mass is 9.99. The number of aliphatic hydroxyl groups is 1. The van der Waals surface area contributed by atoms with E-state index in [-0.39, 0.29) is 44.2 Å². The van der Waals surface area contributed by atoms with Crippen LogP contribution in [0.2, 0.25) is 0 Å². The summed E-state index contributed by atoms with van der Waals surface area (Å²) in [6.07, 6.45) is -2.10. The third-order valence-electron chi connectivity index (χ3n) is 6.50. The van der Waals surface area contributed by atoms with E-state index in [0.717, 1.165) is 12.1 Å². The third-order valence-corrected chi connectivity index (χ3v) is 7.14. The maximum atomic E-state index is 14.7. The second kappa shape index (κ2) is 15.2. The number of halogens is 4. The molecule has 0 unspecified atom stereocenters. The van der Waals surface area contributed by atoms with E-state index in [4.69, 9.17) is 4.74 Å². The predicted molar refractivity (Wildman–Crippen MR) is 145 cm³/mol. The zero-order valence-electron chi connectivity index (χ0n) is 22.2. The SMILES string of the molecule is CSCC[C@@H]1NC(=O)CCCCOc2ccc(cc2F)C[C@@H]([C@H](O)CNCc2cccc(C(F)(F)F)c2)NC1=O. The van der Waals surface area contributed by atoms with Crippen LogP contribution in [0.1, 0.15) is 42.4 Å². The molecule has 2 aliphatic heterocycles. The minimum absolute atomic E-state index is 0.0503. The number of hydrogen-bond acceptors (Lipinski definition) is 6. The minimum Gasteiger partial charge on any atom is -0.491 e. The maximum Gasteiger partial charge on any atom is 0.416 e. The molecule has 4 rings (SSSR count). The van der Waals surface area contributed by atoms with E-state index >= 15 is 0 Å². The molecule has 0 saturated carbocycles. The number of fused-ring (bicyclic) bond motifs is 13. The Labute approximate surface area is 235 Å². The number of carbonyl (C=O) groups is 2. The van der Waals surface area contributed by atoms with Gasteiger partial charge in [0.1, 0.15) is 6.04 Å². The van der Waals surface area contributed by atoms with Gasteiger partial charge in [-0.25, -0.2) is 4.39 Å². The summed E-state index contributed by atoms with van der Waals surface area (Å²) in [5.74, 6) is -0.659. The Balaban J connectivity index is 1.77. The molecular weight excluding hydrogens is 550 g/mol. The molecule has 7 nitrogen and oxygen atoms in total. The quantitative estimate of drug-likeness (QED) is 0.352. The largest absolute Gasteiger partial charge is 0.491 e. The monoisotopic (exact) mass is 585 g/mol. The number of ether oxygens (including phenoxy) is 1. The second-order valence-electron chi connectivity index (χ2n) is 9.69. The molecule has 12 heteroatoms. The number of hydrogen-bond donors (Lipinski definition) is 4. The van der Waals surface area contributed by atoms with Gasteiger partial charge in [0, 0.05) is 19.5 Å². The average molecular weight is 586 g/mol. The Bertz CT molecular complexity index is 1130. The lowest BCUT2D eigenvalue weighted by molar-refractivity contribution is -0.137. The van der Waals surface area contributed by atoms with Crippen molar-refractivity contribution in [2.75, 3.05) is 25.2 Å². The topological polar surface area (TPSA) is 99.7 Å². The van der Waals surface area contributed by atoms with Gasteiger partial charge in [0.25, 0.3) is 0 Å². The van der Waals surface area contributed by atoms with E-state index in [1.165, 1.54) is 36.0 Å². The van der Waals surface area contributed by atoms with Gasteiger partial charge in [-0.2, -0.15) is 24.9 Å². The van der Waals surface area contributed by atoms with Crippen LogP contribution in [-0.2, 0) is 28.7 Å². The smallest absolute Gasteiger partial charge is 0.416 e. The molecule has 2 amide bonds. The van der Waals surface area contributed by atoms with Crippen LogP contribution < -0.4 is 20.7 Å². The van der Waals surface area contributed by atoms with Crippen molar-refractivity contribution in [2.45, 2.75) is 63.0 Å². The fraction of sp³-hybridized carbons (Fsp3) is 0.500. The summed E-state index contributed by atoms with van der Waals surface area (Å²) in [4.78, 5) is 25.7. The van der Waals surface area contributed by atoms with Gasteiger partial charge in [0.05, 0.1) is 24.3 Å². The summed E-state index contributed by atoms with van der Waals surface area (Å²) in [6, 6.07) is 7.58. The van der Waals surface area contributed by atoms with E-state index in [1.54, 1.807) is 6.07 Å². The molecule has 0 radical (unpaired) electrons. The van der Waals surface area contributed by atoms with Gasteiger partial charge in [0.15, 0.2) is 11.6 Å². The Kier molecular flexibility index (Phi) is 12.1. The standard InChI is InChI=1S/C28H35F4N3O4S/c1-40-12-10-22-27(38)35-23(24(36)17-33-16-19-5-4-6-20(13-19)28(30,31)32)15-18-8-9-25(21(29)14-18)39-11-3-2-7-26(37)34-22/h4-6,8-9,13-14,22-24,33,36H,2-3,7,10-12,15-17H2,1H3,(H,34,37)(H,35,38)/t22-,23-,24+/m0/s1. The van der Waals surface area contributed by atoms with E-state index in [1.807, 2.05) is 6.26 Å². The fourth-order valence-corrected chi connectivity index (χ4v) is 4.79. The molecule has 0 aromatic heterocycles. The highest BCUT2D eigenvalue weighted by molar-refractivity contribution is 7.98. The molecule has 3 atom stereocenters. The number of nitrogens with one attached hydrogen (secondary N) is 3. The molecule has 2 bridgehead atoms. The highest BCUT2D eigenvalue weighted by Crippen LogP contribution is 2.29. The normalized spacial score (nSPS) is 19.9. The number of benzene rings is 2. The van der Waals surface area contributed by atoms with Crippen molar-refractivity contribution in [2.24, 2.45) is 0 Å². The highest BCUT2D eigenvalue weighted by atomic mass is 32.2. The summed E-state index contributed by atoms with van der Waals surface area (Å²) in [7, 11) is 0. The van der Waals surface area contributed by atoms with Gasteiger partial charge in [-0.15, -0.1) is 0 Å². The molecule has 0 spiro atoms. The van der Waals surface area contributed by atoms with Crippen LogP contribution in [0.25, 0.3) is 0 Å². The molecular formula is C28H35F4N3O4S. The van der Waals surface area contributed by atoms with Crippen molar-refractivity contribution in [1.29, 1.82) is 0 Å². The maximum absolute atomic E-state index is 14.7.